The molecule has 0 radical (unpaired) electrons. The number of hydrogen-bond donors (Lipinski definition) is 1. The van der Waals surface area contributed by atoms with E-state index in [-0.39, 0.29) is 30.9 Å². The van der Waals surface area contributed by atoms with E-state index in [2.05, 4.69) is 5.32 Å². The Labute approximate surface area is 122 Å². The molecule has 1 fully saturated rings. The fourth-order valence-corrected chi connectivity index (χ4v) is 2.75. The summed E-state index contributed by atoms with van der Waals surface area (Å²) in [5, 5.41) is 2.76. The number of urea groups is 1. The zero-order valence-electron chi connectivity index (χ0n) is 11.7. The van der Waals surface area contributed by atoms with Crippen LogP contribution in [0.4, 0.5) is 4.79 Å². The van der Waals surface area contributed by atoms with Crippen molar-refractivity contribution in [1.29, 1.82) is 0 Å². The summed E-state index contributed by atoms with van der Waals surface area (Å²) in [6.45, 7) is 2.03. The van der Waals surface area contributed by atoms with E-state index in [1.54, 1.807) is 29.2 Å². The Morgan fingerprint density at radius 1 is 1.05 bits per heavy atom. The number of fused-ring (bicyclic) bond motifs is 1. The average molecular weight is 287 g/mol. The van der Waals surface area contributed by atoms with Crippen LogP contribution in [-0.2, 0) is 0 Å². The van der Waals surface area contributed by atoms with Crippen LogP contribution in [0.25, 0.3) is 0 Å². The van der Waals surface area contributed by atoms with Crippen molar-refractivity contribution in [2.24, 2.45) is 0 Å². The first-order valence-electron chi connectivity index (χ1n) is 7.16. The smallest absolute Gasteiger partial charge is 0.317 e. The minimum Gasteiger partial charge on any atom is -0.336 e. The molecular weight excluding hydrogens is 270 g/mol. The number of nitrogens with zero attached hydrogens (tertiary/aromatic N) is 2. The molecule has 0 saturated carbocycles. The van der Waals surface area contributed by atoms with Gasteiger partial charge >= 0.3 is 6.03 Å². The molecule has 2 aliphatic heterocycles. The van der Waals surface area contributed by atoms with Crippen molar-refractivity contribution in [3.63, 3.8) is 0 Å². The number of imide groups is 1. The van der Waals surface area contributed by atoms with Crippen LogP contribution >= 0.6 is 0 Å². The molecule has 3 rings (SSSR count). The standard InChI is InChI=1S/C15H17N3O3/c19-13-11-5-1-2-6-12(11)14(20)18(13)10-7-16-15(21)17-8-3-4-9-17/h1-2,5-6H,3-4,7-10H2,(H,16,21). The second-order valence-corrected chi connectivity index (χ2v) is 5.23. The first kappa shape index (κ1) is 13.6. The molecule has 110 valence electrons. The first-order chi connectivity index (χ1) is 10.2. The Bertz CT molecular complexity index is 559. The lowest BCUT2D eigenvalue weighted by Gasteiger charge is -2.18. The zero-order chi connectivity index (χ0) is 14.8. The minimum atomic E-state index is -0.286. The molecule has 1 aromatic carbocycles. The average Bonchev–Trinajstić information content (AvgIpc) is 3.11. The van der Waals surface area contributed by atoms with Crippen LogP contribution in [-0.4, -0.2) is 53.8 Å². The van der Waals surface area contributed by atoms with Crippen LogP contribution < -0.4 is 5.32 Å². The van der Waals surface area contributed by atoms with Crippen molar-refractivity contribution in [2.75, 3.05) is 26.2 Å². The highest BCUT2D eigenvalue weighted by Crippen LogP contribution is 2.21. The van der Waals surface area contributed by atoms with Gasteiger partial charge in [0.15, 0.2) is 0 Å². The lowest BCUT2D eigenvalue weighted by atomic mass is 10.1. The maximum atomic E-state index is 12.1. The van der Waals surface area contributed by atoms with Gasteiger partial charge in [0.2, 0.25) is 0 Å². The van der Waals surface area contributed by atoms with Gasteiger partial charge in [-0.3, -0.25) is 14.5 Å². The molecule has 4 amide bonds. The SMILES string of the molecule is O=C(NCCN1C(=O)c2ccccc2C1=O)N1CCCC1. The molecule has 0 atom stereocenters. The Morgan fingerprint density at radius 2 is 1.62 bits per heavy atom. The van der Waals surface area contributed by atoms with E-state index in [1.807, 2.05) is 0 Å². The van der Waals surface area contributed by atoms with Crippen molar-refractivity contribution < 1.29 is 14.4 Å². The normalized spacial score (nSPS) is 17.3. The lowest BCUT2D eigenvalue weighted by molar-refractivity contribution is 0.0655. The van der Waals surface area contributed by atoms with Gasteiger partial charge in [0.05, 0.1) is 11.1 Å². The summed E-state index contributed by atoms with van der Waals surface area (Å²) >= 11 is 0. The van der Waals surface area contributed by atoms with Gasteiger partial charge in [0, 0.05) is 26.2 Å². The van der Waals surface area contributed by atoms with Crippen molar-refractivity contribution in [3.8, 4) is 0 Å². The quantitative estimate of drug-likeness (QED) is 0.846. The van der Waals surface area contributed by atoms with Crippen LogP contribution in [0.2, 0.25) is 0 Å². The molecule has 1 saturated heterocycles. The molecule has 0 aromatic heterocycles. The second kappa shape index (κ2) is 5.55. The number of likely N-dealkylation sites (tertiary alicyclic amines) is 1. The summed E-state index contributed by atoms with van der Waals surface area (Å²) in [5.74, 6) is -0.572. The number of nitrogens with one attached hydrogen (secondary N) is 1. The fraction of sp³-hybridized carbons (Fsp3) is 0.400. The van der Waals surface area contributed by atoms with Gasteiger partial charge in [-0.1, -0.05) is 12.1 Å². The molecular formula is C15H17N3O3. The number of hydrogen-bond acceptors (Lipinski definition) is 3. The van der Waals surface area contributed by atoms with Gasteiger partial charge in [0.25, 0.3) is 11.8 Å². The van der Waals surface area contributed by atoms with E-state index >= 15 is 0 Å². The van der Waals surface area contributed by atoms with E-state index < -0.39 is 0 Å². The lowest BCUT2D eigenvalue weighted by Crippen LogP contribution is -2.43. The summed E-state index contributed by atoms with van der Waals surface area (Å²) in [6, 6.07) is 6.66. The summed E-state index contributed by atoms with van der Waals surface area (Å²) in [7, 11) is 0. The highest BCUT2D eigenvalue weighted by Gasteiger charge is 2.34. The zero-order valence-corrected chi connectivity index (χ0v) is 11.7. The van der Waals surface area contributed by atoms with Crippen molar-refractivity contribution in [3.05, 3.63) is 35.4 Å². The van der Waals surface area contributed by atoms with Crippen molar-refractivity contribution >= 4 is 17.8 Å². The van der Waals surface area contributed by atoms with Gasteiger partial charge < -0.3 is 10.2 Å². The second-order valence-electron chi connectivity index (χ2n) is 5.23. The number of rotatable bonds is 3. The van der Waals surface area contributed by atoms with Crippen molar-refractivity contribution in [1.82, 2.24) is 15.1 Å². The number of amides is 4. The molecule has 6 heteroatoms. The van der Waals surface area contributed by atoms with Crippen molar-refractivity contribution in [2.45, 2.75) is 12.8 Å². The molecule has 0 aliphatic carbocycles. The monoisotopic (exact) mass is 287 g/mol. The Balaban J connectivity index is 1.56. The highest BCUT2D eigenvalue weighted by molar-refractivity contribution is 6.21. The predicted molar refractivity (Wildman–Crippen MR) is 76.0 cm³/mol. The molecule has 1 aromatic rings. The number of carbonyl (C=O) groups excluding carboxylic acids is 3. The van der Waals surface area contributed by atoms with Gasteiger partial charge in [-0.05, 0) is 25.0 Å². The molecule has 21 heavy (non-hydrogen) atoms. The largest absolute Gasteiger partial charge is 0.336 e. The third-order valence-electron chi connectivity index (χ3n) is 3.88. The number of carbonyl (C=O) groups is 3. The molecule has 0 unspecified atom stereocenters. The van der Waals surface area contributed by atoms with Gasteiger partial charge in [-0.15, -0.1) is 0 Å². The third kappa shape index (κ3) is 2.49. The highest BCUT2D eigenvalue weighted by atomic mass is 16.2. The third-order valence-corrected chi connectivity index (χ3v) is 3.88. The first-order valence-corrected chi connectivity index (χ1v) is 7.16. The molecule has 0 spiro atoms. The Morgan fingerprint density at radius 3 is 2.19 bits per heavy atom. The molecule has 1 N–H and O–H groups in total. The van der Waals surface area contributed by atoms with Gasteiger partial charge in [-0.2, -0.15) is 0 Å². The minimum absolute atomic E-state index is 0.121. The van der Waals surface area contributed by atoms with Gasteiger partial charge in [0.1, 0.15) is 0 Å². The topological polar surface area (TPSA) is 69.7 Å². The van der Waals surface area contributed by atoms with E-state index in [0.717, 1.165) is 25.9 Å². The van der Waals surface area contributed by atoms with Crippen LogP contribution in [0, 0.1) is 0 Å². The van der Waals surface area contributed by atoms with E-state index in [0.29, 0.717) is 11.1 Å². The summed E-state index contributed by atoms with van der Waals surface area (Å²) in [4.78, 5) is 39.0. The summed E-state index contributed by atoms with van der Waals surface area (Å²) < 4.78 is 0. The van der Waals surface area contributed by atoms with E-state index in [1.165, 1.54) is 4.90 Å². The molecule has 0 bridgehead atoms. The maximum Gasteiger partial charge on any atom is 0.317 e. The van der Waals surface area contributed by atoms with E-state index in [4.69, 9.17) is 0 Å². The van der Waals surface area contributed by atoms with Crippen LogP contribution in [0.5, 0.6) is 0 Å². The fourth-order valence-electron chi connectivity index (χ4n) is 2.75. The Kier molecular flexibility index (Phi) is 3.60. The van der Waals surface area contributed by atoms with Crippen LogP contribution in [0.15, 0.2) is 24.3 Å². The molecule has 2 heterocycles. The molecule has 2 aliphatic rings. The summed E-state index contributed by atoms with van der Waals surface area (Å²) in [5.41, 5.74) is 0.877. The molecule has 6 nitrogen and oxygen atoms in total. The van der Waals surface area contributed by atoms with Crippen LogP contribution in [0.3, 0.4) is 0 Å². The van der Waals surface area contributed by atoms with Crippen LogP contribution in [0.1, 0.15) is 33.6 Å². The Hall–Kier alpha value is -2.37. The predicted octanol–water partition coefficient (Wildman–Crippen LogP) is 1.09. The summed E-state index contributed by atoms with van der Waals surface area (Å²) in [6.07, 6.45) is 2.07. The number of benzene rings is 1. The van der Waals surface area contributed by atoms with E-state index in [9.17, 15) is 14.4 Å². The van der Waals surface area contributed by atoms with Gasteiger partial charge in [-0.25, -0.2) is 4.79 Å². The maximum absolute atomic E-state index is 12.1.